The number of hydroxylamine groups is 2. The Morgan fingerprint density at radius 3 is 2.00 bits per heavy atom. The Labute approximate surface area is 141 Å². The third-order valence-electron chi connectivity index (χ3n) is 4.81. The highest BCUT2D eigenvalue weighted by Crippen LogP contribution is 2.49. The molecule has 0 radical (unpaired) electrons. The molecule has 0 aliphatic carbocycles. The van der Waals surface area contributed by atoms with Crippen LogP contribution in [0.2, 0.25) is 0 Å². The van der Waals surface area contributed by atoms with Crippen molar-refractivity contribution in [1.82, 2.24) is 5.06 Å². The van der Waals surface area contributed by atoms with Crippen LogP contribution in [0, 0.1) is 0 Å². The van der Waals surface area contributed by atoms with Crippen LogP contribution in [0.4, 0.5) is 0 Å². The molecule has 0 aromatic heterocycles. The van der Waals surface area contributed by atoms with Crippen LogP contribution < -0.4 is 0 Å². The highest BCUT2D eigenvalue weighted by Gasteiger charge is 2.50. The van der Waals surface area contributed by atoms with Gasteiger partial charge in [-0.2, -0.15) is 5.06 Å². The molecule has 3 heteroatoms. The summed E-state index contributed by atoms with van der Waals surface area (Å²) in [5.41, 5.74) is 2.35. The Hall–Kier alpha value is -0.900. The quantitative estimate of drug-likeness (QED) is 0.476. The maximum Gasteiger partial charge on any atom is 0.177 e. The molecule has 0 saturated carbocycles. The van der Waals surface area contributed by atoms with Crippen LogP contribution in [0.1, 0.15) is 78.4 Å². The first kappa shape index (κ1) is 18.4. The summed E-state index contributed by atoms with van der Waals surface area (Å²) in [6.45, 7) is 14.1. The Kier molecular flexibility index (Phi) is 5.88. The molecule has 0 bridgehead atoms. The van der Waals surface area contributed by atoms with Gasteiger partial charge in [0.2, 0.25) is 0 Å². The SMILES string of the molecule is CCCCOC(CCC)ON1C(C)(C)c2ccccc2C1(C)C. The molecule has 0 fully saturated rings. The maximum atomic E-state index is 6.42. The zero-order chi connectivity index (χ0) is 17.1. The number of unbranched alkanes of at least 4 members (excludes halogenated alkanes) is 1. The van der Waals surface area contributed by atoms with Gasteiger partial charge in [-0.05, 0) is 51.7 Å². The van der Waals surface area contributed by atoms with E-state index in [9.17, 15) is 0 Å². The number of ether oxygens (including phenoxy) is 1. The lowest BCUT2D eigenvalue weighted by Crippen LogP contribution is -2.47. The molecule has 0 amide bonds. The average Bonchev–Trinajstić information content (AvgIpc) is 2.66. The normalized spacial score (nSPS) is 20.4. The van der Waals surface area contributed by atoms with Gasteiger partial charge in [-0.25, -0.2) is 0 Å². The second-order valence-electron chi connectivity index (χ2n) is 7.51. The summed E-state index contributed by atoms with van der Waals surface area (Å²) < 4.78 is 6.01. The highest BCUT2D eigenvalue weighted by molar-refractivity contribution is 5.42. The van der Waals surface area contributed by atoms with Gasteiger partial charge in [-0.15, -0.1) is 0 Å². The van der Waals surface area contributed by atoms with E-state index in [4.69, 9.17) is 9.57 Å². The number of hydrogen-bond donors (Lipinski definition) is 0. The van der Waals surface area contributed by atoms with Crippen molar-refractivity contribution in [2.24, 2.45) is 0 Å². The predicted molar refractivity (Wildman–Crippen MR) is 95.0 cm³/mol. The number of rotatable bonds is 8. The first-order chi connectivity index (χ1) is 10.9. The Morgan fingerprint density at radius 2 is 1.52 bits per heavy atom. The van der Waals surface area contributed by atoms with E-state index in [2.05, 4.69) is 70.9 Å². The van der Waals surface area contributed by atoms with E-state index >= 15 is 0 Å². The summed E-state index contributed by atoms with van der Waals surface area (Å²) in [4.78, 5) is 6.42. The van der Waals surface area contributed by atoms with Crippen molar-refractivity contribution in [3.8, 4) is 0 Å². The smallest absolute Gasteiger partial charge is 0.177 e. The number of nitrogens with zero attached hydrogens (tertiary/aromatic N) is 1. The van der Waals surface area contributed by atoms with Gasteiger partial charge in [0.05, 0.1) is 11.1 Å². The molecule has 1 atom stereocenters. The van der Waals surface area contributed by atoms with Crippen molar-refractivity contribution in [3.05, 3.63) is 35.4 Å². The van der Waals surface area contributed by atoms with E-state index < -0.39 is 0 Å². The minimum Gasteiger partial charge on any atom is -0.351 e. The lowest BCUT2D eigenvalue weighted by atomic mass is 9.91. The first-order valence-corrected chi connectivity index (χ1v) is 9.04. The Morgan fingerprint density at radius 1 is 0.957 bits per heavy atom. The number of hydrogen-bond acceptors (Lipinski definition) is 3. The summed E-state index contributed by atoms with van der Waals surface area (Å²) in [7, 11) is 0. The van der Waals surface area contributed by atoms with Gasteiger partial charge < -0.3 is 4.74 Å². The molecule has 1 aromatic rings. The van der Waals surface area contributed by atoms with Crippen LogP contribution in [-0.4, -0.2) is 18.0 Å². The molecule has 1 unspecified atom stereocenters. The molecule has 1 heterocycles. The van der Waals surface area contributed by atoms with Crippen LogP contribution >= 0.6 is 0 Å². The monoisotopic (exact) mass is 319 g/mol. The van der Waals surface area contributed by atoms with Gasteiger partial charge in [0.15, 0.2) is 6.29 Å². The van der Waals surface area contributed by atoms with E-state index in [1.165, 1.54) is 11.1 Å². The lowest BCUT2D eigenvalue weighted by molar-refractivity contribution is -0.343. The molecule has 0 N–H and O–H groups in total. The summed E-state index contributed by atoms with van der Waals surface area (Å²) in [5.74, 6) is 0. The fourth-order valence-corrected chi connectivity index (χ4v) is 3.61. The van der Waals surface area contributed by atoms with E-state index in [0.717, 1.165) is 32.3 Å². The van der Waals surface area contributed by atoms with Crippen LogP contribution in [-0.2, 0) is 20.7 Å². The Bertz CT molecular complexity index is 475. The van der Waals surface area contributed by atoms with Crippen molar-refractivity contribution in [2.75, 3.05) is 6.61 Å². The van der Waals surface area contributed by atoms with Gasteiger partial charge in [0, 0.05) is 6.61 Å². The topological polar surface area (TPSA) is 21.7 Å². The van der Waals surface area contributed by atoms with E-state index in [1.54, 1.807) is 0 Å². The summed E-state index contributed by atoms with van der Waals surface area (Å²) >= 11 is 0. The van der Waals surface area contributed by atoms with E-state index in [-0.39, 0.29) is 17.4 Å². The molecule has 0 saturated heterocycles. The van der Waals surface area contributed by atoms with Crippen LogP contribution in [0.25, 0.3) is 0 Å². The van der Waals surface area contributed by atoms with Gasteiger partial charge >= 0.3 is 0 Å². The molecule has 1 aromatic carbocycles. The zero-order valence-electron chi connectivity index (χ0n) is 15.7. The van der Waals surface area contributed by atoms with E-state index in [0.29, 0.717) is 0 Å². The van der Waals surface area contributed by atoms with Crippen molar-refractivity contribution < 1.29 is 9.57 Å². The van der Waals surface area contributed by atoms with Crippen LogP contribution in [0.5, 0.6) is 0 Å². The van der Waals surface area contributed by atoms with Crippen LogP contribution in [0.15, 0.2) is 24.3 Å². The van der Waals surface area contributed by atoms with Crippen molar-refractivity contribution >= 4 is 0 Å². The molecule has 23 heavy (non-hydrogen) atoms. The second-order valence-corrected chi connectivity index (χ2v) is 7.51. The highest BCUT2D eigenvalue weighted by atomic mass is 16.8. The molecule has 1 aliphatic rings. The third-order valence-corrected chi connectivity index (χ3v) is 4.81. The zero-order valence-corrected chi connectivity index (χ0v) is 15.7. The summed E-state index contributed by atoms with van der Waals surface area (Å²) in [6, 6.07) is 8.66. The maximum absolute atomic E-state index is 6.42. The minimum atomic E-state index is -0.167. The van der Waals surface area contributed by atoms with Crippen molar-refractivity contribution in [1.29, 1.82) is 0 Å². The summed E-state index contributed by atoms with van der Waals surface area (Å²) in [6.07, 6.45) is 4.03. The second kappa shape index (κ2) is 7.33. The van der Waals surface area contributed by atoms with Gasteiger partial charge in [0.25, 0.3) is 0 Å². The first-order valence-electron chi connectivity index (χ1n) is 9.04. The third kappa shape index (κ3) is 3.62. The largest absolute Gasteiger partial charge is 0.351 e. The number of fused-ring (bicyclic) bond motifs is 1. The van der Waals surface area contributed by atoms with Crippen molar-refractivity contribution in [3.63, 3.8) is 0 Å². The van der Waals surface area contributed by atoms with E-state index in [1.807, 2.05) is 0 Å². The molecule has 130 valence electrons. The van der Waals surface area contributed by atoms with Gasteiger partial charge in [-0.3, -0.25) is 4.84 Å². The summed E-state index contributed by atoms with van der Waals surface area (Å²) in [5, 5.41) is 2.15. The molecule has 1 aliphatic heterocycles. The predicted octanol–water partition coefficient (Wildman–Crippen LogP) is 5.35. The van der Waals surface area contributed by atoms with Gasteiger partial charge in [0.1, 0.15) is 0 Å². The van der Waals surface area contributed by atoms with Gasteiger partial charge in [-0.1, -0.05) is 51.0 Å². The Balaban J connectivity index is 2.20. The average molecular weight is 319 g/mol. The molecular weight excluding hydrogens is 286 g/mol. The fraction of sp³-hybridized carbons (Fsp3) is 0.700. The van der Waals surface area contributed by atoms with Crippen LogP contribution in [0.3, 0.4) is 0 Å². The molecule has 3 nitrogen and oxygen atoms in total. The minimum absolute atomic E-state index is 0.166. The standard InChI is InChI=1S/C20H33NO2/c1-7-9-15-22-18(12-8-2)23-21-19(3,4)16-13-10-11-14-17(16)20(21,5)6/h10-11,13-14,18H,7-9,12,15H2,1-6H3. The molecule has 2 rings (SSSR count). The molecule has 0 spiro atoms. The fourth-order valence-electron chi connectivity index (χ4n) is 3.61. The van der Waals surface area contributed by atoms with Crippen molar-refractivity contribution in [2.45, 2.75) is 84.6 Å². The molecular formula is C20H33NO2. The lowest BCUT2D eigenvalue weighted by Gasteiger charge is -2.41. The number of benzene rings is 1.